The molecule has 0 aromatic carbocycles. The third-order valence-electron chi connectivity index (χ3n) is 4.99. The number of rotatable bonds is 4. The molecule has 0 bridgehead atoms. The largest absolute Gasteiger partial charge is 0.329 e. The highest BCUT2D eigenvalue weighted by Crippen LogP contribution is 2.26. The lowest BCUT2D eigenvalue weighted by atomic mass is 9.86. The van der Waals surface area contributed by atoms with Crippen molar-refractivity contribution in [2.45, 2.75) is 69.9 Å². The van der Waals surface area contributed by atoms with Crippen LogP contribution < -0.4 is 11.1 Å². The van der Waals surface area contributed by atoms with Gasteiger partial charge >= 0.3 is 0 Å². The monoisotopic (exact) mass is 253 g/mol. The van der Waals surface area contributed by atoms with Crippen molar-refractivity contribution in [3.05, 3.63) is 0 Å². The van der Waals surface area contributed by atoms with Crippen LogP contribution in [0.25, 0.3) is 0 Å². The van der Waals surface area contributed by atoms with Crippen molar-refractivity contribution in [3.63, 3.8) is 0 Å². The normalized spacial score (nSPS) is 32.3. The van der Waals surface area contributed by atoms with E-state index in [9.17, 15) is 0 Å². The van der Waals surface area contributed by atoms with E-state index in [0.717, 1.165) is 12.6 Å². The Hall–Kier alpha value is -0.120. The van der Waals surface area contributed by atoms with Gasteiger partial charge in [0.25, 0.3) is 0 Å². The number of nitrogens with one attached hydrogen (secondary N) is 1. The van der Waals surface area contributed by atoms with Gasteiger partial charge < -0.3 is 16.0 Å². The van der Waals surface area contributed by atoms with Crippen molar-refractivity contribution < 1.29 is 0 Å². The second-order valence-corrected chi connectivity index (χ2v) is 6.25. The third kappa shape index (κ3) is 3.69. The molecule has 0 radical (unpaired) electrons. The Morgan fingerprint density at radius 3 is 2.56 bits per heavy atom. The molecule has 1 saturated heterocycles. The first kappa shape index (κ1) is 14.3. The summed E-state index contributed by atoms with van der Waals surface area (Å²) in [6, 6.07) is 0.732. The van der Waals surface area contributed by atoms with E-state index in [0.29, 0.717) is 0 Å². The molecular weight excluding hydrogens is 222 g/mol. The summed E-state index contributed by atoms with van der Waals surface area (Å²) in [5.41, 5.74) is 6.36. The lowest BCUT2D eigenvalue weighted by Gasteiger charge is -2.38. The Labute approximate surface area is 112 Å². The second kappa shape index (κ2) is 6.88. The van der Waals surface area contributed by atoms with Crippen molar-refractivity contribution in [2.75, 3.05) is 26.2 Å². The van der Waals surface area contributed by atoms with Crippen LogP contribution in [0, 0.1) is 0 Å². The summed E-state index contributed by atoms with van der Waals surface area (Å²) in [6.45, 7) is 6.73. The molecule has 2 rings (SSSR count). The molecule has 2 fully saturated rings. The van der Waals surface area contributed by atoms with Gasteiger partial charge in [0, 0.05) is 18.1 Å². The van der Waals surface area contributed by atoms with Crippen LogP contribution in [0.1, 0.15) is 58.3 Å². The van der Waals surface area contributed by atoms with Gasteiger partial charge in [-0.15, -0.1) is 0 Å². The minimum Gasteiger partial charge on any atom is -0.329 e. The number of hydrogen-bond acceptors (Lipinski definition) is 3. The molecule has 0 aromatic heterocycles. The summed E-state index contributed by atoms with van der Waals surface area (Å²) >= 11 is 0. The molecule has 3 N–H and O–H groups in total. The summed E-state index contributed by atoms with van der Waals surface area (Å²) in [5.74, 6) is 0. The summed E-state index contributed by atoms with van der Waals surface area (Å²) in [5, 5.41) is 3.95. The van der Waals surface area contributed by atoms with Gasteiger partial charge in [-0.3, -0.25) is 0 Å². The Balaban J connectivity index is 1.91. The molecule has 1 saturated carbocycles. The van der Waals surface area contributed by atoms with Gasteiger partial charge in [0.1, 0.15) is 0 Å². The Bertz CT molecular complexity index is 238. The molecule has 106 valence electrons. The Kier molecular flexibility index (Phi) is 5.46. The lowest BCUT2D eigenvalue weighted by Crippen LogP contribution is -2.56. The lowest BCUT2D eigenvalue weighted by molar-refractivity contribution is 0.221. The second-order valence-electron chi connectivity index (χ2n) is 6.25. The molecule has 2 aliphatic rings. The molecule has 18 heavy (non-hydrogen) atoms. The first-order valence-corrected chi connectivity index (χ1v) is 7.98. The SMILES string of the molecule is CCN1CCCC(CN)(NC2CCCCC2)CC1. The van der Waals surface area contributed by atoms with Crippen LogP contribution >= 0.6 is 0 Å². The van der Waals surface area contributed by atoms with Gasteiger partial charge in [0.05, 0.1) is 0 Å². The molecule has 1 heterocycles. The van der Waals surface area contributed by atoms with Crippen LogP contribution in [-0.2, 0) is 0 Å². The van der Waals surface area contributed by atoms with Crippen LogP contribution in [0.15, 0.2) is 0 Å². The van der Waals surface area contributed by atoms with E-state index < -0.39 is 0 Å². The van der Waals surface area contributed by atoms with Gasteiger partial charge in [-0.25, -0.2) is 0 Å². The molecule has 0 spiro atoms. The van der Waals surface area contributed by atoms with E-state index in [1.54, 1.807) is 0 Å². The minimum atomic E-state index is 0.228. The Morgan fingerprint density at radius 2 is 1.89 bits per heavy atom. The maximum absolute atomic E-state index is 6.13. The zero-order valence-electron chi connectivity index (χ0n) is 12.1. The fourth-order valence-electron chi connectivity index (χ4n) is 3.65. The summed E-state index contributed by atoms with van der Waals surface area (Å²) < 4.78 is 0. The zero-order valence-corrected chi connectivity index (χ0v) is 12.1. The molecular formula is C15H31N3. The van der Waals surface area contributed by atoms with Gasteiger partial charge in [0.2, 0.25) is 0 Å². The highest BCUT2D eigenvalue weighted by molar-refractivity contribution is 4.95. The van der Waals surface area contributed by atoms with Gasteiger partial charge in [0.15, 0.2) is 0 Å². The van der Waals surface area contributed by atoms with Gasteiger partial charge in [-0.05, 0) is 51.7 Å². The molecule has 0 aromatic rings. The van der Waals surface area contributed by atoms with E-state index in [4.69, 9.17) is 5.73 Å². The van der Waals surface area contributed by atoms with Gasteiger partial charge in [-0.1, -0.05) is 26.2 Å². The average molecular weight is 253 g/mol. The van der Waals surface area contributed by atoms with Crippen molar-refractivity contribution in [2.24, 2.45) is 5.73 Å². The van der Waals surface area contributed by atoms with Crippen LogP contribution in [0.2, 0.25) is 0 Å². The molecule has 1 unspecified atom stereocenters. The first-order chi connectivity index (χ1) is 8.78. The quantitative estimate of drug-likeness (QED) is 0.806. The van der Waals surface area contributed by atoms with Crippen molar-refractivity contribution in [3.8, 4) is 0 Å². The smallest absolute Gasteiger partial charge is 0.0319 e. The fraction of sp³-hybridized carbons (Fsp3) is 1.00. The molecule has 1 atom stereocenters. The van der Waals surface area contributed by atoms with E-state index in [2.05, 4.69) is 17.1 Å². The molecule has 3 nitrogen and oxygen atoms in total. The van der Waals surface area contributed by atoms with Crippen molar-refractivity contribution >= 4 is 0 Å². The number of nitrogens with zero attached hydrogens (tertiary/aromatic N) is 1. The summed E-state index contributed by atoms with van der Waals surface area (Å²) in [6.07, 6.45) is 10.7. The standard InChI is InChI=1S/C15H31N3/c1-2-18-11-6-9-15(13-16,10-12-18)17-14-7-4-3-5-8-14/h14,17H,2-13,16H2,1H3. The van der Waals surface area contributed by atoms with Gasteiger partial charge in [-0.2, -0.15) is 0 Å². The average Bonchev–Trinajstić information content (AvgIpc) is 2.63. The van der Waals surface area contributed by atoms with E-state index >= 15 is 0 Å². The zero-order chi connectivity index (χ0) is 12.8. The van der Waals surface area contributed by atoms with E-state index in [1.807, 2.05) is 0 Å². The summed E-state index contributed by atoms with van der Waals surface area (Å²) in [7, 11) is 0. The summed E-state index contributed by atoms with van der Waals surface area (Å²) in [4.78, 5) is 2.57. The molecule has 0 amide bonds. The minimum absolute atomic E-state index is 0.228. The highest BCUT2D eigenvalue weighted by Gasteiger charge is 2.33. The maximum Gasteiger partial charge on any atom is 0.0319 e. The van der Waals surface area contributed by atoms with Crippen molar-refractivity contribution in [1.29, 1.82) is 0 Å². The van der Waals surface area contributed by atoms with Crippen LogP contribution in [0.5, 0.6) is 0 Å². The number of likely N-dealkylation sites (tertiary alicyclic amines) is 1. The van der Waals surface area contributed by atoms with Crippen LogP contribution in [0.3, 0.4) is 0 Å². The molecule has 1 aliphatic heterocycles. The third-order valence-corrected chi connectivity index (χ3v) is 4.99. The molecule has 1 aliphatic carbocycles. The highest BCUT2D eigenvalue weighted by atomic mass is 15.1. The number of hydrogen-bond donors (Lipinski definition) is 2. The number of nitrogens with two attached hydrogens (primary N) is 1. The Morgan fingerprint density at radius 1 is 1.11 bits per heavy atom. The maximum atomic E-state index is 6.13. The predicted molar refractivity (Wildman–Crippen MR) is 77.8 cm³/mol. The van der Waals surface area contributed by atoms with Crippen LogP contribution in [-0.4, -0.2) is 42.7 Å². The topological polar surface area (TPSA) is 41.3 Å². The van der Waals surface area contributed by atoms with Crippen molar-refractivity contribution in [1.82, 2.24) is 10.2 Å². The van der Waals surface area contributed by atoms with E-state index in [1.165, 1.54) is 71.0 Å². The van der Waals surface area contributed by atoms with E-state index in [-0.39, 0.29) is 5.54 Å². The van der Waals surface area contributed by atoms with Crippen LogP contribution in [0.4, 0.5) is 0 Å². The predicted octanol–water partition coefficient (Wildman–Crippen LogP) is 2.11. The first-order valence-electron chi connectivity index (χ1n) is 7.98. The fourth-order valence-corrected chi connectivity index (χ4v) is 3.65. The molecule has 3 heteroatoms.